The van der Waals surface area contributed by atoms with Crippen LogP contribution in [0.4, 0.5) is 4.79 Å². The standard InChI is InChI=1S/C41H80N2O5.C30H56N2O4/c1-11-13-15-17-19-21-23-25-27-29-45-42-38(3,4)31-35(32-39(42,5)6)47-37(44)48-36-33-40(7,8)43(41(9,10)34-36)46-30-28-26-24-22-20-18-16-14-12-2;1-27(2)19-23(20-28(3,4)31(27)9)35-25(33)17-15-13-11-12-14-16-18-26(34)36-24-21-29(5,6)32(10)30(7,8)22-24/h35-36H,11-34H2,1-10H3;23-24H,11-22H2,1-10H3. The van der Waals surface area contributed by atoms with Crippen LogP contribution in [-0.4, -0.2) is 134 Å². The molecule has 0 saturated carbocycles. The van der Waals surface area contributed by atoms with Crippen LogP contribution >= 0.6 is 0 Å². The average molecular weight is 1190 g/mol. The molecule has 4 heterocycles. The predicted molar refractivity (Wildman–Crippen MR) is 347 cm³/mol. The highest BCUT2D eigenvalue weighted by Gasteiger charge is 2.51. The molecule has 13 nitrogen and oxygen atoms in total. The van der Waals surface area contributed by atoms with Crippen molar-refractivity contribution >= 4 is 18.1 Å². The number of hydrogen-bond acceptors (Lipinski definition) is 13. The van der Waals surface area contributed by atoms with Gasteiger partial charge in [-0.1, -0.05) is 142 Å². The lowest BCUT2D eigenvalue weighted by molar-refractivity contribution is -0.296. The molecule has 0 N–H and O–H groups in total. The van der Waals surface area contributed by atoms with Gasteiger partial charge in [-0.25, -0.2) is 4.79 Å². The number of ether oxygens (including phenoxy) is 4. The van der Waals surface area contributed by atoms with Gasteiger partial charge in [-0.3, -0.25) is 29.1 Å². The minimum absolute atomic E-state index is 0.00474. The number of esters is 2. The minimum Gasteiger partial charge on any atom is -0.462 e. The average Bonchev–Trinajstić information content (AvgIpc) is 1.57. The summed E-state index contributed by atoms with van der Waals surface area (Å²) in [6, 6.07) is 0. The van der Waals surface area contributed by atoms with E-state index in [-0.39, 0.29) is 80.7 Å². The zero-order chi connectivity index (χ0) is 63.0. The van der Waals surface area contributed by atoms with Crippen molar-refractivity contribution in [2.45, 2.75) is 412 Å². The number of hydrogen-bond donors (Lipinski definition) is 0. The topological polar surface area (TPSA) is 120 Å². The number of carbonyl (C=O) groups excluding carboxylic acids is 3. The molecule has 0 radical (unpaired) electrons. The Kier molecular flexibility index (Phi) is 32.1. The molecule has 4 aliphatic rings. The summed E-state index contributed by atoms with van der Waals surface area (Å²) in [6.45, 7) is 41.4. The fourth-order valence-electron chi connectivity index (χ4n) is 15.1. The Morgan fingerprint density at radius 3 is 0.786 bits per heavy atom. The number of rotatable bonds is 35. The zero-order valence-corrected chi connectivity index (χ0v) is 58.7. The van der Waals surface area contributed by atoms with Gasteiger partial charge in [0.2, 0.25) is 0 Å². The molecular formula is C71H136N4O9. The number of hydroxylamine groups is 4. The van der Waals surface area contributed by atoms with E-state index in [1.807, 2.05) is 0 Å². The number of nitrogens with zero attached hydrogens (tertiary/aromatic N) is 4. The number of piperidine rings is 4. The Labute approximate surface area is 517 Å². The summed E-state index contributed by atoms with van der Waals surface area (Å²) in [5.74, 6) is -0.113. The van der Waals surface area contributed by atoms with Crippen LogP contribution in [0, 0.1) is 0 Å². The highest BCUT2D eigenvalue weighted by molar-refractivity contribution is 5.70. The number of carbonyl (C=O) groups is 3. The van der Waals surface area contributed by atoms with Gasteiger partial charge in [-0.05, 0) is 151 Å². The van der Waals surface area contributed by atoms with Crippen molar-refractivity contribution in [1.82, 2.24) is 19.9 Å². The molecule has 0 unspecified atom stereocenters. The first-order valence-corrected chi connectivity index (χ1v) is 34.7. The minimum atomic E-state index is -0.545. The lowest BCUT2D eigenvalue weighted by Crippen LogP contribution is -2.62. The van der Waals surface area contributed by atoms with Crippen molar-refractivity contribution in [2.24, 2.45) is 0 Å². The highest BCUT2D eigenvalue weighted by Crippen LogP contribution is 2.44. The Morgan fingerprint density at radius 1 is 0.310 bits per heavy atom. The molecule has 0 aromatic carbocycles. The maximum absolute atomic E-state index is 13.2. The van der Waals surface area contributed by atoms with E-state index in [4.69, 9.17) is 28.6 Å². The van der Waals surface area contributed by atoms with E-state index in [1.54, 1.807) is 0 Å². The lowest BCUT2D eigenvalue weighted by Gasteiger charge is -2.54. The summed E-state index contributed by atoms with van der Waals surface area (Å²) >= 11 is 0. The molecule has 0 aromatic rings. The third kappa shape index (κ3) is 26.6. The third-order valence-electron chi connectivity index (χ3n) is 19.7. The van der Waals surface area contributed by atoms with E-state index >= 15 is 0 Å². The Morgan fingerprint density at radius 2 is 0.524 bits per heavy atom. The molecule has 0 aliphatic carbocycles. The van der Waals surface area contributed by atoms with Crippen LogP contribution < -0.4 is 0 Å². The fraction of sp³-hybridized carbons (Fsp3) is 0.958. The fourth-order valence-corrected chi connectivity index (χ4v) is 15.1. The van der Waals surface area contributed by atoms with Crippen molar-refractivity contribution < 1.29 is 43.0 Å². The lowest BCUT2D eigenvalue weighted by atomic mass is 9.78. The van der Waals surface area contributed by atoms with Crippen molar-refractivity contribution in [2.75, 3.05) is 27.3 Å². The third-order valence-corrected chi connectivity index (χ3v) is 19.7. The van der Waals surface area contributed by atoms with Gasteiger partial charge in [0.25, 0.3) is 0 Å². The number of likely N-dealkylation sites (tertiary alicyclic amines) is 2. The van der Waals surface area contributed by atoms with Gasteiger partial charge >= 0.3 is 18.1 Å². The highest BCUT2D eigenvalue weighted by atomic mass is 16.7. The molecule has 4 aliphatic heterocycles. The predicted octanol–water partition coefficient (Wildman–Crippen LogP) is 18.6. The van der Waals surface area contributed by atoms with Crippen molar-refractivity contribution in [3.63, 3.8) is 0 Å². The van der Waals surface area contributed by atoms with E-state index in [0.29, 0.717) is 38.5 Å². The van der Waals surface area contributed by atoms with E-state index in [1.165, 1.54) is 103 Å². The second-order valence-electron chi connectivity index (χ2n) is 31.7. The van der Waals surface area contributed by atoms with Gasteiger partial charge in [0.1, 0.15) is 24.4 Å². The zero-order valence-electron chi connectivity index (χ0n) is 58.7. The van der Waals surface area contributed by atoms with Gasteiger partial charge in [-0.2, -0.15) is 10.1 Å². The maximum atomic E-state index is 13.2. The van der Waals surface area contributed by atoms with Crippen LogP contribution in [0.2, 0.25) is 0 Å². The first kappa shape index (κ1) is 76.2. The van der Waals surface area contributed by atoms with Gasteiger partial charge in [0.15, 0.2) is 0 Å². The van der Waals surface area contributed by atoms with E-state index in [0.717, 1.165) is 90.3 Å². The first-order valence-electron chi connectivity index (χ1n) is 34.7. The van der Waals surface area contributed by atoms with Gasteiger partial charge < -0.3 is 18.9 Å². The molecule has 4 rings (SSSR count). The molecule has 0 atom stereocenters. The quantitative estimate of drug-likeness (QED) is 0.0341. The first-order chi connectivity index (χ1) is 39.1. The summed E-state index contributed by atoms with van der Waals surface area (Å²) in [5, 5.41) is 4.34. The van der Waals surface area contributed by atoms with E-state index in [2.05, 4.69) is 159 Å². The molecule has 4 fully saturated rings. The van der Waals surface area contributed by atoms with Crippen molar-refractivity contribution in [3.8, 4) is 0 Å². The van der Waals surface area contributed by atoms with E-state index < -0.39 is 6.16 Å². The maximum Gasteiger partial charge on any atom is 0.508 e. The summed E-state index contributed by atoms with van der Waals surface area (Å²) < 4.78 is 23.8. The van der Waals surface area contributed by atoms with Crippen LogP contribution in [0.15, 0.2) is 0 Å². The normalized spacial score (nSPS) is 22.7. The van der Waals surface area contributed by atoms with Crippen LogP contribution in [0.25, 0.3) is 0 Å². The molecule has 0 bridgehead atoms. The molecule has 0 aromatic heterocycles. The molecular weight excluding hydrogens is 1050 g/mol. The van der Waals surface area contributed by atoms with Crippen LogP contribution in [0.3, 0.4) is 0 Å². The van der Waals surface area contributed by atoms with Crippen molar-refractivity contribution in [3.05, 3.63) is 0 Å². The smallest absolute Gasteiger partial charge is 0.462 e. The molecule has 494 valence electrons. The SMILES string of the molecule is CCCCCCCCCCCON1C(C)(C)CC(OC(=O)OC2CC(C)(C)N(OCCCCCCCCCCC)C(C)(C)C2)CC1(C)C.CN1C(C)(C)CC(OC(=O)CCCCCCCCC(=O)OC2CC(C)(C)N(C)C(C)(C)C2)CC1(C)C. The number of unbranched alkanes of at least 4 members (excludes halogenated alkanes) is 21. The van der Waals surface area contributed by atoms with Crippen LogP contribution in [-0.2, 0) is 38.2 Å². The molecule has 13 heteroatoms. The molecule has 0 amide bonds. The summed E-state index contributed by atoms with van der Waals surface area (Å²) in [5.41, 5.74) is -0.918. The van der Waals surface area contributed by atoms with Gasteiger partial charge in [0.05, 0.1) is 13.2 Å². The second-order valence-corrected chi connectivity index (χ2v) is 31.7. The Bertz CT molecular complexity index is 1680. The Balaban J connectivity index is 0.000000458. The summed E-state index contributed by atoms with van der Waals surface area (Å²) in [7, 11) is 4.33. The molecule has 84 heavy (non-hydrogen) atoms. The monoisotopic (exact) mass is 1190 g/mol. The molecule has 0 spiro atoms. The molecule has 4 saturated heterocycles. The summed E-state index contributed by atoms with van der Waals surface area (Å²) in [4.78, 5) is 55.6. The van der Waals surface area contributed by atoms with Crippen LogP contribution in [0.5, 0.6) is 0 Å². The Hall–Kier alpha value is -2.03. The summed E-state index contributed by atoms with van der Waals surface area (Å²) in [6.07, 6.45) is 35.9. The second kappa shape index (κ2) is 35.4. The van der Waals surface area contributed by atoms with Gasteiger partial charge in [-0.15, -0.1) is 0 Å². The van der Waals surface area contributed by atoms with E-state index in [9.17, 15) is 14.4 Å². The van der Waals surface area contributed by atoms with Crippen molar-refractivity contribution in [1.29, 1.82) is 0 Å². The van der Waals surface area contributed by atoms with Crippen LogP contribution in [0.1, 0.15) is 343 Å². The largest absolute Gasteiger partial charge is 0.508 e. The van der Waals surface area contributed by atoms with Gasteiger partial charge in [0, 0.05) is 109 Å².